The highest BCUT2D eigenvalue weighted by molar-refractivity contribution is 5.94. The number of H-pyrrole nitrogens is 1. The van der Waals surface area contributed by atoms with Crippen molar-refractivity contribution in [2.75, 3.05) is 6.61 Å². The normalized spacial score (nSPS) is 10.5. The highest BCUT2D eigenvalue weighted by Crippen LogP contribution is 2.20. The Morgan fingerprint density at radius 2 is 2.05 bits per heavy atom. The number of rotatable bonds is 5. The quantitative estimate of drug-likeness (QED) is 0.435. The number of carbonyl (C=O) groups is 1. The number of aromatic nitrogens is 2. The molecule has 0 aliphatic heterocycles. The molecule has 0 saturated carbocycles. The lowest BCUT2D eigenvalue weighted by molar-refractivity contribution is 0.0952. The Kier molecular flexibility index (Phi) is 4.90. The molecule has 2 rings (SSSR count). The van der Waals surface area contributed by atoms with E-state index in [1.165, 1.54) is 6.07 Å². The van der Waals surface area contributed by atoms with Crippen LogP contribution in [0.25, 0.3) is 11.3 Å². The van der Waals surface area contributed by atoms with Gasteiger partial charge in [-0.3, -0.25) is 15.0 Å². The average Bonchev–Trinajstić information content (AvgIpc) is 2.53. The van der Waals surface area contributed by atoms with E-state index in [0.717, 1.165) is 11.3 Å². The predicted octanol–water partition coefficient (Wildman–Crippen LogP) is 1.08. The minimum atomic E-state index is -0.665. The summed E-state index contributed by atoms with van der Waals surface area (Å²) in [7, 11) is 0. The van der Waals surface area contributed by atoms with Gasteiger partial charge in [-0.15, -0.1) is 0 Å². The molecule has 7 heteroatoms. The number of nitrogens with zero attached hydrogens (tertiary/aromatic N) is 1. The van der Waals surface area contributed by atoms with Crippen molar-refractivity contribution in [3.05, 3.63) is 46.2 Å². The zero-order valence-corrected chi connectivity index (χ0v) is 12.4. The Morgan fingerprint density at radius 1 is 1.36 bits per heavy atom. The number of carbonyl (C=O) groups excluding carboxylic acids is 1. The Bertz CT molecular complexity index is 707. The first-order valence-electron chi connectivity index (χ1n) is 6.85. The molecule has 0 saturated heterocycles. The van der Waals surface area contributed by atoms with Gasteiger partial charge in [-0.2, -0.15) is 5.10 Å². The van der Waals surface area contributed by atoms with E-state index in [1.54, 1.807) is 12.1 Å². The first kappa shape index (κ1) is 15.7. The van der Waals surface area contributed by atoms with E-state index >= 15 is 0 Å². The van der Waals surface area contributed by atoms with Crippen molar-refractivity contribution >= 4 is 5.91 Å². The maximum Gasteiger partial charge on any atom is 0.277 e. The van der Waals surface area contributed by atoms with E-state index in [-0.39, 0.29) is 5.56 Å². The van der Waals surface area contributed by atoms with Gasteiger partial charge in [0.15, 0.2) is 0 Å². The summed E-state index contributed by atoms with van der Waals surface area (Å²) in [6.07, 6.45) is 0. The van der Waals surface area contributed by atoms with Gasteiger partial charge in [-0.25, -0.2) is 10.9 Å². The Balaban J connectivity index is 2.25. The zero-order chi connectivity index (χ0) is 16.1. The Labute approximate surface area is 127 Å². The SMILES string of the molecule is CC(C)COc1ccc(-c2cc(C(=O)NN)c(=O)[nH]n2)cc1. The van der Waals surface area contributed by atoms with E-state index in [2.05, 4.69) is 24.0 Å². The number of amides is 1. The van der Waals surface area contributed by atoms with Crippen LogP contribution in [0.15, 0.2) is 35.1 Å². The fourth-order valence-corrected chi connectivity index (χ4v) is 1.78. The lowest BCUT2D eigenvalue weighted by atomic mass is 10.1. The van der Waals surface area contributed by atoms with Crippen LogP contribution >= 0.6 is 0 Å². The van der Waals surface area contributed by atoms with Crippen LogP contribution in [0.2, 0.25) is 0 Å². The van der Waals surface area contributed by atoms with Gasteiger partial charge in [-0.1, -0.05) is 13.8 Å². The van der Waals surface area contributed by atoms with Crippen molar-refractivity contribution in [3.63, 3.8) is 0 Å². The average molecular weight is 302 g/mol. The fraction of sp³-hybridized carbons (Fsp3) is 0.267. The number of aromatic amines is 1. The van der Waals surface area contributed by atoms with Gasteiger partial charge in [0.25, 0.3) is 11.5 Å². The van der Waals surface area contributed by atoms with Crippen molar-refractivity contribution < 1.29 is 9.53 Å². The Morgan fingerprint density at radius 3 is 2.64 bits per heavy atom. The summed E-state index contributed by atoms with van der Waals surface area (Å²) in [5.41, 5.74) is 2.46. The molecular formula is C15H18N4O3. The molecule has 22 heavy (non-hydrogen) atoms. The molecule has 116 valence electrons. The van der Waals surface area contributed by atoms with Gasteiger partial charge in [0, 0.05) is 5.56 Å². The Hall–Kier alpha value is -2.67. The summed E-state index contributed by atoms with van der Waals surface area (Å²) in [6, 6.07) is 8.63. The molecule has 0 radical (unpaired) electrons. The van der Waals surface area contributed by atoms with Gasteiger partial charge < -0.3 is 4.74 Å². The highest BCUT2D eigenvalue weighted by atomic mass is 16.5. The van der Waals surface area contributed by atoms with Crippen LogP contribution in [0, 0.1) is 5.92 Å². The molecule has 0 aliphatic rings. The highest BCUT2D eigenvalue weighted by Gasteiger charge is 2.12. The van der Waals surface area contributed by atoms with E-state index < -0.39 is 11.5 Å². The third-order valence-corrected chi connectivity index (χ3v) is 2.91. The van der Waals surface area contributed by atoms with Gasteiger partial charge in [0.05, 0.1) is 12.3 Å². The fourth-order valence-electron chi connectivity index (χ4n) is 1.78. The maximum atomic E-state index is 11.6. The first-order chi connectivity index (χ1) is 10.5. The number of nitrogens with two attached hydrogens (primary N) is 1. The van der Waals surface area contributed by atoms with Crippen molar-refractivity contribution in [2.45, 2.75) is 13.8 Å². The number of hydrogen-bond acceptors (Lipinski definition) is 5. The van der Waals surface area contributed by atoms with Gasteiger partial charge in [-0.05, 0) is 36.2 Å². The molecule has 0 aliphatic carbocycles. The molecule has 1 amide bonds. The number of hydrazine groups is 1. The number of hydrogen-bond donors (Lipinski definition) is 3. The first-order valence-corrected chi connectivity index (χ1v) is 6.85. The van der Waals surface area contributed by atoms with E-state index in [0.29, 0.717) is 18.2 Å². The van der Waals surface area contributed by atoms with Crippen LogP contribution in [0.3, 0.4) is 0 Å². The van der Waals surface area contributed by atoms with E-state index in [9.17, 15) is 9.59 Å². The molecule has 0 unspecified atom stereocenters. The second-order valence-electron chi connectivity index (χ2n) is 5.20. The number of nitrogen functional groups attached to an aromatic ring is 1. The standard InChI is InChI=1S/C15H18N4O3/c1-9(2)8-22-11-5-3-10(4-6-11)13-7-12(14(20)17-16)15(21)19-18-13/h3-7,9H,8,16H2,1-2H3,(H,17,20)(H,19,21). The third kappa shape index (κ3) is 3.70. The number of ether oxygens (including phenoxy) is 1. The molecule has 4 N–H and O–H groups in total. The smallest absolute Gasteiger partial charge is 0.277 e. The topological polar surface area (TPSA) is 110 Å². The van der Waals surface area contributed by atoms with Crippen molar-refractivity contribution in [1.29, 1.82) is 0 Å². The van der Waals surface area contributed by atoms with Crippen LogP contribution in [-0.2, 0) is 0 Å². The monoisotopic (exact) mass is 302 g/mol. The number of benzene rings is 1. The van der Waals surface area contributed by atoms with Crippen LogP contribution in [0.4, 0.5) is 0 Å². The van der Waals surface area contributed by atoms with Crippen molar-refractivity contribution in [1.82, 2.24) is 15.6 Å². The van der Waals surface area contributed by atoms with E-state index in [1.807, 2.05) is 17.6 Å². The lowest BCUT2D eigenvalue weighted by Gasteiger charge is -2.09. The largest absolute Gasteiger partial charge is 0.493 e. The molecule has 2 aromatic rings. The maximum absolute atomic E-state index is 11.6. The van der Waals surface area contributed by atoms with Gasteiger partial charge >= 0.3 is 0 Å². The minimum absolute atomic E-state index is 0.0902. The minimum Gasteiger partial charge on any atom is -0.493 e. The predicted molar refractivity (Wildman–Crippen MR) is 82.3 cm³/mol. The zero-order valence-electron chi connectivity index (χ0n) is 12.4. The molecule has 0 spiro atoms. The molecule has 0 bridgehead atoms. The number of nitrogens with one attached hydrogen (secondary N) is 2. The lowest BCUT2D eigenvalue weighted by Crippen LogP contribution is -2.34. The molecule has 1 aromatic carbocycles. The van der Waals surface area contributed by atoms with Crippen molar-refractivity contribution in [3.8, 4) is 17.0 Å². The summed E-state index contributed by atoms with van der Waals surface area (Å²) >= 11 is 0. The molecule has 0 atom stereocenters. The van der Waals surface area contributed by atoms with Crippen LogP contribution in [-0.4, -0.2) is 22.7 Å². The van der Waals surface area contributed by atoms with Gasteiger partial charge in [0.2, 0.25) is 0 Å². The molecule has 0 fully saturated rings. The molecule has 7 nitrogen and oxygen atoms in total. The molecule has 1 heterocycles. The van der Waals surface area contributed by atoms with Crippen LogP contribution < -0.4 is 21.6 Å². The van der Waals surface area contributed by atoms with Crippen molar-refractivity contribution in [2.24, 2.45) is 11.8 Å². The summed E-state index contributed by atoms with van der Waals surface area (Å²) in [6.45, 7) is 4.78. The molecular weight excluding hydrogens is 284 g/mol. The third-order valence-electron chi connectivity index (χ3n) is 2.91. The van der Waals surface area contributed by atoms with Crippen LogP contribution in [0.5, 0.6) is 5.75 Å². The summed E-state index contributed by atoms with van der Waals surface area (Å²) < 4.78 is 5.60. The second-order valence-corrected chi connectivity index (χ2v) is 5.20. The summed E-state index contributed by atoms with van der Waals surface area (Å²) in [4.78, 5) is 23.1. The van der Waals surface area contributed by atoms with Gasteiger partial charge in [0.1, 0.15) is 11.3 Å². The summed E-state index contributed by atoms with van der Waals surface area (Å²) in [5.74, 6) is 5.58. The van der Waals surface area contributed by atoms with E-state index in [4.69, 9.17) is 10.6 Å². The second kappa shape index (κ2) is 6.86. The molecule has 1 aromatic heterocycles. The van der Waals surface area contributed by atoms with Crippen LogP contribution in [0.1, 0.15) is 24.2 Å². The summed E-state index contributed by atoms with van der Waals surface area (Å²) in [5, 5.41) is 6.21.